The van der Waals surface area contributed by atoms with Crippen LogP contribution >= 0.6 is 11.3 Å². The van der Waals surface area contributed by atoms with Crippen molar-refractivity contribution in [1.29, 1.82) is 0 Å². The van der Waals surface area contributed by atoms with E-state index in [1.807, 2.05) is 25.1 Å². The summed E-state index contributed by atoms with van der Waals surface area (Å²) in [5, 5.41) is 12.7. The summed E-state index contributed by atoms with van der Waals surface area (Å²) in [5.41, 5.74) is 0.817. The van der Waals surface area contributed by atoms with Crippen LogP contribution in [0.2, 0.25) is 0 Å². The van der Waals surface area contributed by atoms with Crippen LogP contribution in [0.15, 0.2) is 18.2 Å². The Balaban J connectivity index is 2.26. The standard InChI is InChI=1S/C16H19NO5S/c1-9-11-8-10(22-3)4-5-13(11)23-14(9)15(18)17-12(16(19)20)6-7-21-2/h4-5,8,12H,6-7H2,1-3H3,(H,17,18)(H,19,20). The molecule has 6 nitrogen and oxygen atoms in total. The van der Waals surface area contributed by atoms with Crippen molar-refractivity contribution < 1.29 is 24.2 Å². The third kappa shape index (κ3) is 3.80. The lowest BCUT2D eigenvalue weighted by Crippen LogP contribution is -2.41. The van der Waals surface area contributed by atoms with Gasteiger partial charge in [0.2, 0.25) is 0 Å². The predicted octanol–water partition coefficient (Wildman–Crippen LogP) is 2.44. The molecule has 2 aromatic rings. The molecular weight excluding hydrogens is 318 g/mol. The third-order valence-electron chi connectivity index (χ3n) is 3.56. The summed E-state index contributed by atoms with van der Waals surface area (Å²) in [7, 11) is 3.08. The number of rotatable bonds is 7. The fraction of sp³-hybridized carbons (Fsp3) is 0.375. The SMILES string of the molecule is COCCC(NC(=O)c1sc2ccc(OC)cc2c1C)C(=O)O. The average molecular weight is 337 g/mol. The Morgan fingerprint density at radius 3 is 2.70 bits per heavy atom. The molecule has 0 aliphatic rings. The number of amides is 1. The van der Waals surface area contributed by atoms with Gasteiger partial charge in [0.05, 0.1) is 12.0 Å². The van der Waals surface area contributed by atoms with E-state index in [9.17, 15) is 14.7 Å². The minimum Gasteiger partial charge on any atom is -0.497 e. The number of methoxy groups -OCH3 is 2. The minimum atomic E-state index is -1.07. The average Bonchev–Trinajstić information content (AvgIpc) is 2.87. The summed E-state index contributed by atoms with van der Waals surface area (Å²) in [6.07, 6.45) is 0.218. The highest BCUT2D eigenvalue weighted by Crippen LogP contribution is 2.33. The molecule has 1 aromatic carbocycles. The normalized spacial score (nSPS) is 12.1. The van der Waals surface area contributed by atoms with Crippen LogP contribution in [-0.2, 0) is 9.53 Å². The van der Waals surface area contributed by atoms with Gasteiger partial charge in [-0.15, -0.1) is 11.3 Å². The molecule has 0 aliphatic carbocycles. The fourth-order valence-corrected chi connectivity index (χ4v) is 3.35. The molecule has 1 amide bonds. The molecule has 0 saturated carbocycles. The summed E-state index contributed by atoms with van der Waals surface area (Å²) in [6, 6.07) is 4.62. The lowest BCUT2D eigenvalue weighted by atomic mass is 10.1. The molecule has 1 unspecified atom stereocenters. The van der Waals surface area contributed by atoms with Gasteiger partial charge in [0.1, 0.15) is 11.8 Å². The number of nitrogens with one attached hydrogen (secondary N) is 1. The molecule has 7 heteroatoms. The van der Waals surface area contributed by atoms with E-state index in [0.717, 1.165) is 15.6 Å². The molecule has 1 atom stereocenters. The minimum absolute atomic E-state index is 0.218. The monoisotopic (exact) mass is 337 g/mol. The van der Waals surface area contributed by atoms with E-state index in [-0.39, 0.29) is 18.9 Å². The Labute approximate surface area is 138 Å². The van der Waals surface area contributed by atoms with Crippen molar-refractivity contribution in [2.24, 2.45) is 0 Å². The number of carboxylic acid groups (broad SMARTS) is 1. The third-order valence-corrected chi connectivity index (χ3v) is 4.84. The number of aliphatic carboxylic acids is 1. The van der Waals surface area contributed by atoms with Gasteiger partial charge in [-0.3, -0.25) is 4.79 Å². The van der Waals surface area contributed by atoms with E-state index in [2.05, 4.69) is 5.32 Å². The first-order valence-corrected chi connectivity index (χ1v) is 7.89. The first-order valence-electron chi connectivity index (χ1n) is 7.07. The van der Waals surface area contributed by atoms with Crippen LogP contribution in [0.4, 0.5) is 0 Å². The molecule has 2 N–H and O–H groups in total. The molecule has 0 saturated heterocycles. The van der Waals surface area contributed by atoms with Crippen molar-refractivity contribution in [3.63, 3.8) is 0 Å². The van der Waals surface area contributed by atoms with E-state index < -0.39 is 12.0 Å². The number of ether oxygens (including phenoxy) is 2. The number of hydrogen-bond acceptors (Lipinski definition) is 5. The summed E-state index contributed by atoms with van der Waals surface area (Å²) in [6.45, 7) is 2.11. The zero-order valence-corrected chi connectivity index (χ0v) is 14.0. The second-order valence-corrected chi connectivity index (χ2v) is 6.12. The van der Waals surface area contributed by atoms with Gasteiger partial charge in [-0.05, 0) is 36.1 Å². The van der Waals surface area contributed by atoms with Gasteiger partial charge >= 0.3 is 5.97 Å². The molecule has 0 bridgehead atoms. The highest BCUT2D eigenvalue weighted by atomic mass is 32.1. The highest BCUT2D eigenvalue weighted by molar-refractivity contribution is 7.21. The van der Waals surface area contributed by atoms with Crippen LogP contribution in [0.5, 0.6) is 5.75 Å². The van der Waals surface area contributed by atoms with Crippen molar-refractivity contribution in [3.8, 4) is 5.75 Å². The van der Waals surface area contributed by atoms with Gasteiger partial charge in [0.15, 0.2) is 0 Å². The van der Waals surface area contributed by atoms with Crippen molar-refractivity contribution in [2.75, 3.05) is 20.8 Å². The summed E-state index contributed by atoms with van der Waals surface area (Å²) in [4.78, 5) is 24.2. The highest BCUT2D eigenvalue weighted by Gasteiger charge is 2.23. The molecule has 1 aromatic heterocycles. The largest absolute Gasteiger partial charge is 0.497 e. The lowest BCUT2D eigenvalue weighted by Gasteiger charge is -2.13. The molecule has 0 radical (unpaired) electrons. The molecule has 0 spiro atoms. The first-order chi connectivity index (χ1) is 11.0. The molecule has 2 rings (SSSR count). The Bertz CT molecular complexity index is 725. The van der Waals surface area contributed by atoms with Crippen molar-refractivity contribution in [3.05, 3.63) is 28.6 Å². The molecular formula is C16H19NO5S. The zero-order valence-electron chi connectivity index (χ0n) is 13.2. The molecule has 0 aliphatic heterocycles. The molecule has 0 fully saturated rings. The summed E-state index contributed by atoms with van der Waals surface area (Å²) >= 11 is 1.34. The van der Waals surface area contributed by atoms with E-state index in [0.29, 0.717) is 10.6 Å². The molecule has 1 heterocycles. The van der Waals surface area contributed by atoms with Crippen LogP contribution in [-0.4, -0.2) is 43.9 Å². The smallest absolute Gasteiger partial charge is 0.326 e. The van der Waals surface area contributed by atoms with Gasteiger partial charge < -0.3 is 19.9 Å². The fourth-order valence-electron chi connectivity index (χ4n) is 2.26. The maximum Gasteiger partial charge on any atom is 0.326 e. The number of aryl methyl sites for hydroxylation is 1. The first kappa shape index (κ1) is 17.2. The van der Waals surface area contributed by atoms with Crippen molar-refractivity contribution >= 4 is 33.3 Å². The van der Waals surface area contributed by atoms with Crippen molar-refractivity contribution in [1.82, 2.24) is 5.32 Å². The van der Waals surface area contributed by atoms with Crippen LogP contribution in [0.1, 0.15) is 21.7 Å². The Hall–Kier alpha value is -2.12. The van der Waals surface area contributed by atoms with E-state index in [1.165, 1.54) is 18.4 Å². The van der Waals surface area contributed by atoms with E-state index in [4.69, 9.17) is 9.47 Å². The summed E-state index contributed by atoms with van der Waals surface area (Å²) in [5.74, 6) is -0.740. The van der Waals surface area contributed by atoms with Gasteiger partial charge in [0.25, 0.3) is 5.91 Å². The Morgan fingerprint density at radius 1 is 1.35 bits per heavy atom. The number of carbonyl (C=O) groups excluding carboxylic acids is 1. The predicted molar refractivity (Wildman–Crippen MR) is 88.5 cm³/mol. The topological polar surface area (TPSA) is 84.9 Å². The number of hydrogen-bond donors (Lipinski definition) is 2. The maximum atomic E-state index is 12.4. The zero-order chi connectivity index (χ0) is 17.0. The van der Waals surface area contributed by atoms with E-state index in [1.54, 1.807) is 7.11 Å². The van der Waals surface area contributed by atoms with Crippen LogP contribution < -0.4 is 10.1 Å². The second-order valence-electron chi connectivity index (χ2n) is 5.06. The van der Waals surface area contributed by atoms with E-state index >= 15 is 0 Å². The second kappa shape index (κ2) is 7.43. The lowest BCUT2D eigenvalue weighted by molar-refractivity contribution is -0.139. The van der Waals surface area contributed by atoms with Gasteiger partial charge in [0, 0.05) is 24.8 Å². The van der Waals surface area contributed by atoms with Crippen LogP contribution in [0.25, 0.3) is 10.1 Å². The number of fused-ring (bicyclic) bond motifs is 1. The summed E-state index contributed by atoms with van der Waals surface area (Å²) < 4.78 is 11.0. The van der Waals surface area contributed by atoms with Gasteiger partial charge in [-0.25, -0.2) is 4.79 Å². The van der Waals surface area contributed by atoms with Crippen LogP contribution in [0.3, 0.4) is 0 Å². The van der Waals surface area contributed by atoms with Gasteiger partial charge in [-0.1, -0.05) is 0 Å². The number of thiophene rings is 1. The molecule has 23 heavy (non-hydrogen) atoms. The number of carbonyl (C=O) groups is 2. The molecule has 124 valence electrons. The van der Waals surface area contributed by atoms with Gasteiger partial charge in [-0.2, -0.15) is 0 Å². The Morgan fingerprint density at radius 2 is 2.09 bits per heavy atom. The Kier molecular flexibility index (Phi) is 5.57. The number of carboxylic acids is 1. The number of benzene rings is 1. The maximum absolute atomic E-state index is 12.4. The van der Waals surface area contributed by atoms with Crippen LogP contribution in [0, 0.1) is 6.92 Å². The van der Waals surface area contributed by atoms with Crippen molar-refractivity contribution in [2.45, 2.75) is 19.4 Å². The quantitative estimate of drug-likeness (QED) is 0.810.